The molecule has 0 spiro atoms. The molecule has 4 aromatic rings. The van der Waals surface area contributed by atoms with Crippen LogP contribution in [0.2, 0.25) is 0 Å². The Morgan fingerprint density at radius 3 is 2.67 bits per heavy atom. The normalized spacial score (nSPS) is 22.4. The highest BCUT2D eigenvalue weighted by Gasteiger charge is 2.48. The Kier molecular flexibility index (Phi) is 8.16. The van der Waals surface area contributed by atoms with Gasteiger partial charge >= 0.3 is 7.75 Å². The zero-order valence-electron chi connectivity index (χ0n) is 22.5. The summed E-state index contributed by atoms with van der Waals surface area (Å²) in [5.41, 5.74) is 7.39. The van der Waals surface area contributed by atoms with Gasteiger partial charge in [-0.15, -0.1) is 0 Å². The summed E-state index contributed by atoms with van der Waals surface area (Å²) in [4.78, 5) is 12.5. The minimum atomic E-state index is -3.83. The predicted molar refractivity (Wildman–Crippen MR) is 147 cm³/mol. The third-order valence-electron chi connectivity index (χ3n) is 6.72. The fourth-order valence-electron chi connectivity index (χ4n) is 4.61. The molecular formula is C27H32FN6O5P. The first kappa shape index (κ1) is 28.1. The van der Waals surface area contributed by atoms with Crippen LogP contribution in [0.3, 0.4) is 0 Å². The number of halogens is 1. The summed E-state index contributed by atoms with van der Waals surface area (Å²) in [6, 6.07) is 17.1. The Balaban J connectivity index is 1.31. The van der Waals surface area contributed by atoms with Crippen molar-refractivity contribution < 1.29 is 27.5 Å². The van der Waals surface area contributed by atoms with E-state index in [1.807, 2.05) is 61.5 Å². The molecule has 0 amide bonds. The van der Waals surface area contributed by atoms with Crippen LogP contribution < -0.4 is 15.6 Å². The molecule has 0 saturated carbocycles. The number of nitrogens with zero attached hydrogens (tertiary/aromatic N) is 4. The van der Waals surface area contributed by atoms with Crippen molar-refractivity contribution in [2.45, 2.75) is 51.4 Å². The number of anilines is 1. The summed E-state index contributed by atoms with van der Waals surface area (Å²) in [5.74, 6) is 0.136. The van der Waals surface area contributed by atoms with Gasteiger partial charge in [-0.25, -0.2) is 19.0 Å². The second-order valence-electron chi connectivity index (χ2n) is 9.82. The van der Waals surface area contributed by atoms with E-state index in [-0.39, 0.29) is 43.7 Å². The zero-order valence-corrected chi connectivity index (χ0v) is 23.4. The van der Waals surface area contributed by atoms with Crippen LogP contribution in [0.4, 0.5) is 10.3 Å². The molecule has 1 fully saturated rings. The first-order valence-corrected chi connectivity index (χ1v) is 14.3. The van der Waals surface area contributed by atoms with Gasteiger partial charge in [0.2, 0.25) is 11.8 Å². The number of nitrogens with two attached hydrogens (primary N) is 1. The zero-order chi connectivity index (χ0) is 28.3. The number of nitrogen functional groups attached to an aromatic ring is 1. The Labute approximate surface area is 231 Å². The molecule has 2 aromatic heterocycles. The number of ether oxygens (including phenoxy) is 2. The Morgan fingerprint density at radius 2 is 1.93 bits per heavy atom. The topological polar surface area (TPSA) is 136 Å². The van der Waals surface area contributed by atoms with E-state index in [0.29, 0.717) is 5.52 Å². The number of hydrogen-bond acceptors (Lipinski definition) is 9. The van der Waals surface area contributed by atoms with Crippen LogP contribution >= 0.6 is 7.75 Å². The van der Waals surface area contributed by atoms with Crippen molar-refractivity contribution in [1.82, 2.24) is 24.6 Å². The molecule has 0 bridgehead atoms. The molecule has 4 unspecified atom stereocenters. The first-order chi connectivity index (χ1) is 19.2. The van der Waals surface area contributed by atoms with Gasteiger partial charge in [0.1, 0.15) is 0 Å². The molecule has 1 aliphatic rings. The third-order valence-corrected chi connectivity index (χ3v) is 8.22. The number of rotatable bonds is 11. The van der Waals surface area contributed by atoms with Crippen LogP contribution in [-0.4, -0.2) is 45.0 Å². The van der Waals surface area contributed by atoms with Crippen molar-refractivity contribution >= 4 is 24.9 Å². The van der Waals surface area contributed by atoms with Gasteiger partial charge in [0.25, 0.3) is 0 Å². The molecule has 0 radical (unpaired) electrons. The van der Waals surface area contributed by atoms with E-state index in [1.165, 1.54) is 24.9 Å². The van der Waals surface area contributed by atoms with E-state index in [2.05, 4.69) is 20.0 Å². The maximum absolute atomic E-state index is 15.9. The summed E-state index contributed by atoms with van der Waals surface area (Å²) in [6.45, 7) is 3.53. The van der Waals surface area contributed by atoms with Gasteiger partial charge in [-0.1, -0.05) is 54.6 Å². The molecule has 4 atom stereocenters. The lowest BCUT2D eigenvalue weighted by Gasteiger charge is -2.23. The summed E-state index contributed by atoms with van der Waals surface area (Å²) in [6.07, 6.45) is -0.432. The van der Waals surface area contributed by atoms with Crippen molar-refractivity contribution in [3.63, 3.8) is 0 Å². The molecule has 11 nitrogen and oxygen atoms in total. The van der Waals surface area contributed by atoms with E-state index in [9.17, 15) is 4.57 Å². The van der Waals surface area contributed by atoms with Gasteiger partial charge in [-0.2, -0.15) is 9.97 Å². The number of methoxy groups -OCH3 is 1. The highest BCUT2D eigenvalue weighted by atomic mass is 31.2. The molecule has 2 aromatic carbocycles. The van der Waals surface area contributed by atoms with Gasteiger partial charge in [-0.3, -0.25) is 13.6 Å². The van der Waals surface area contributed by atoms with E-state index in [0.717, 1.165) is 16.7 Å². The second-order valence-corrected chi connectivity index (χ2v) is 11.6. The second kappa shape index (κ2) is 11.6. The molecular weight excluding hydrogens is 538 g/mol. The van der Waals surface area contributed by atoms with Crippen LogP contribution in [0.25, 0.3) is 11.2 Å². The highest BCUT2D eigenvalue weighted by molar-refractivity contribution is 7.51. The van der Waals surface area contributed by atoms with Crippen molar-refractivity contribution in [1.29, 1.82) is 0 Å². The highest BCUT2D eigenvalue weighted by Crippen LogP contribution is 2.48. The fraction of sp³-hybridized carbons (Fsp3) is 0.370. The maximum Gasteiger partial charge on any atom is 0.406 e. The quantitative estimate of drug-likeness (QED) is 0.240. The van der Waals surface area contributed by atoms with Crippen molar-refractivity contribution in [2.75, 3.05) is 19.5 Å². The van der Waals surface area contributed by atoms with E-state index in [4.69, 9.17) is 24.3 Å². The molecule has 1 aliphatic heterocycles. The third kappa shape index (κ3) is 6.16. The number of fused-ring (bicyclic) bond motifs is 1. The lowest BCUT2D eigenvalue weighted by Crippen LogP contribution is -2.27. The molecule has 0 aliphatic carbocycles. The van der Waals surface area contributed by atoms with Crippen molar-refractivity contribution in [2.24, 2.45) is 0 Å². The van der Waals surface area contributed by atoms with Gasteiger partial charge in [0, 0.05) is 13.0 Å². The minimum Gasteiger partial charge on any atom is -0.479 e. The average Bonchev–Trinajstić information content (AvgIpc) is 3.49. The average molecular weight is 571 g/mol. The lowest BCUT2D eigenvalue weighted by atomic mass is 10.0. The lowest BCUT2D eigenvalue weighted by molar-refractivity contribution is -0.0553. The Morgan fingerprint density at radius 1 is 1.18 bits per heavy atom. The number of alkyl halides is 1. The summed E-state index contributed by atoms with van der Waals surface area (Å²) >= 11 is 0. The summed E-state index contributed by atoms with van der Waals surface area (Å²) in [7, 11) is -2.39. The number of hydrogen-bond donors (Lipinski definition) is 2. The molecule has 40 heavy (non-hydrogen) atoms. The van der Waals surface area contributed by atoms with Crippen LogP contribution in [-0.2, 0) is 31.5 Å². The maximum atomic E-state index is 15.9. The molecule has 3 heterocycles. The smallest absolute Gasteiger partial charge is 0.406 e. The molecule has 3 N–H and O–H groups in total. The summed E-state index contributed by atoms with van der Waals surface area (Å²) < 4.78 is 54.1. The number of benzene rings is 2. The monoisotopic (exact) mass is 570 g/mol. The Hall–Kier alpha value is -3.41. The number of aromatic nitrogens is 4. The first-order valence-electron chi connectivity index (χ1n) is 12.8. The molecule has 5 rings (SSSR count). The summed E-state index contributed by atoms with van der Waals surface area (Å²) in [5, 5.41) is 2.93. The van der Waals surface area contributed by atoms with Crippen molar-refractivity contribution in [3.05, 3.63) is 77.6 Å². The standard InChI is InChI=1S/C27H32FN6O5P/c1-18-9-7-8-12-20(18)15-37-40(35,31-14-19-10-5-4-6-11-19)38-16-21-13-27(2,28)25(39-21)34-17-30-22-23(34)32-26(29)33-24(22)36-3/h4-12,17,21,25H,13-16H2,1-3H3,(H,31,35)(H2,29,32,33). The van der Waals surface area contributed by atoms with Crippen LogP contribution in [0, 0.1) is 6.92 Å². The fourth-order valence-corrected chi connectivity index (χ4v) is 5.92. The minimum absolute atomic E-state index is 0.0223. The molecule has 1 saturated heterocycles. The predicted octanol–water partition coefficient (Wildman–Crippen LogP) is 4.87. The number of imidazole rings is 1. The van der Waals surface area contributed by atoms with E-state index >= 15 is 4.39 Å². The Bertz CT molecular complexity index is 1520. The molecule has 212 valence electrons. The van der Waals surface area contributed by atoms with E-state index < -0.39 is 25.7 Å². The van der Waals surface area contributed by atoms with Crippen LogP contribution in [0.5, 0.6) is 5.88 Å². The SMILES string of the molecule is COc1nc(N)nc2c1ncn2C1OC(COP(=O)(NCc2ccccc2)OCc2ccccc2C)CC1(C)F. The number of aryl methyl sites for hydroxylation is 1. The van der Waals surface area contributed by atoms with Gasteiger partial charge in [0.05, 0.1) is 32.8 Å². The molecule has 13 heteroatoms. The largest absolute Gasteiger partial charge is 0.479 e. The van der Waals surface area contributed by atoms with Gasteiger partial charge < -0.3 is 15.2 Å². The van der Waals surface area contributed by atoms with E-state index in [1.54, 1.807) is 0 Å². The van der Waals surface area contributed by atoms with Gasteiger partial charge in [0.15, 0.2) is 23.1 Å². The van der Waals surface area contributed by atoms with Crippen LogP contribution in [0.15, 0.2) is 60.9 Å². The van der Waals surface area contributed by atoms with Crippen molar-refractivity contribution in [3.8, 4) is 5.88 Å². The number of nitrogens with one attached hydrogen (secondary N) is 1. The van der Waals surface area contributed by atoms with Crippen LogP contribution in [0.1, 0.15) is 36.3 Å². The van der Waals surface area contributed by atoms with Gasteiger partial charge in [-0.05, 0) is 30.5 Å².